The largest absolute Gasteiger partial charge is 0.382 e. The van der Waals surface area contributed by atoms with E-state index in [1.54, 1.807) is 36.4 Å². The van der Waals surface area contributed by atoms with Gasteiger partial charge in [-0.15, -0.1) is 0 Å². The van der Waals surface area contributed by atoms with Gasteiger partial charge < -0.3 is 0 Å². The van der Waals surface area contributed by atoms with Crippen molar-refractivity contribution in [3.63, 3.8) is 0 Å². The van der Waals surface area contributed by atoms with Gasteiger partial charge in [0.25, 0.3) is 0 Å². The molecule has 0 saturated heterocycles. The number of anilines is 2. The second-order valence-corrected chi connectivity index (χ2v) is 4.44. The van der Waals surface area contributed by atoms with Crippen molar-refractivity contribution in [2.24, 2.45) is 0 Å². The van der Waals surface area contributed by atoms with Gasteiger partial charge in [0.15, 0.2) is 0 Å². The van der Waals surface area contributed by atoms with Crippen molar-refractivity contribution in [3.8, 4) is 0 Å². The van der Waals surface area contributed by atoms with Crippen LogP contribution in [0.1, 0.15) is 6.92 Å². The number of carbonyl (C=O) groups is 2. The van der Waals surface area contributed by atoms with Crippen molar-refractivity contribution in [2.75, 3.05) is 4.90 Å². The Balaban J connectivity index is 2.53. The molecule has 0 fully saturated rings. The van der Waals surface area contributed by atoms with Gasteiger partial charge in [-0.2, -0.15) is 8.78 Å². The molecule has 0 saturated carbocycles. The fourth-order valence-corrected chi connectivity index (χ4v) is 1.83. The summed E-state index contributed by atoms with van der Waals surface area (Å²) in [6.45, 7) is 0.700. The van der Waals surface area contributed by atoms with Crippen molar-refractivity contribution in [1.82, 2.24) is 0 Å². The molecule has 2 rings (SSSR count). The molecule has 0 aliphatic rings. The molecule has 0 aliphatic carbocycles. The maximum Gasteiger partial charge on any atom is 0.382 e. The minimum atomic E-state index is -4.06. The van der Waals surface area contributed by atoms with Crippen molar-refractivity contribution >= 4 is 23.1 Å². The first kappa shape index (κ1) is 14.8. The molecule has 0 aromatic heterocycles. The zero-order valence-corrected chi connectivity index (χ0v) is 11.3. The number of hydrogen-bond acceptors (Lipinski definition) is 2. The second kappa shape index (κ2) is 5.83. The highest BCUT2D eigenvalue weighted by Crippen LogP contribution is 2.30. The average Bonchev–Trinajstić information content (AvgIpc) is 2.49. The number of halogens is 2. The van der Waals surface area contributed by atoms with E-state index in [-0.39, 0.29) is 11.4 Å². The van der Waals surface area contributed by atoms with Gasteiger partial charge in [-0.3, -0.25) is 14.5 Å². The molecule has 2 aromatic carbocycles. The molecule has 0 heterocycles. The Hall–Kier alpha value is -2.56. The number of para-hydroxylation sites is 2. The Morgan fingerprint density at radius 2 is 1.24 bits per heavy atom. The molecule has 0 atom stereocenters. The second-order valence-electron chi connectivity index (χ2n) is 4.44. The van der Waals surface area contributed by atoms with E-state index in [0.717, 1.165) is 4.90 Å². The van der Waals surface area contributed by atoms with Crippen LogP contribution in [-0.2, 0) is 9.59 Å². The summed E-state index contributed by atoms with van der Waals surface area (Å²) in [4.78, 5) is 24.1. The maximum atomic E-state index is 13.8. The van der Waals surface area contributed by atoms with Crippen LogP contribution in [0.4, 0.5) is 20.2 Å². The summed E-state index contributed by atoms with van der Waals surface area (Å²) in [5.74, 6) is -7.11. The number of carbonyl (C=O) groups excluding carboxylic acids is 2. The van der Waals surface area contributed by atoms with Gasteiger partial charge in [0.05, 0.1) is 0 Å². The normalized spacial score (nSPS) is 11.0. The summed E-state index contributed by atoms with van der Waals surface area (Å²) in [7, 11) is 0. The molecule has 0 bridgehead atoms. The molecule has 5 heteroatoms. The average molecular weight is 289 g/mol. The van der Waals surface area contributed by atoms with Crippen molar-refractivity contribution in [1.29, 1.82) is 0 Å². The molecule has 0 aliphatic heterocycles. The minimum absolute atomic E-state index is 0.273. The molecule has 21 heavy (non-hydrogen) atoms. The quantitative estimate of drug-likeness (QED) is 0.807. The monoisotopic (exact) mass is 289 g/mol. The third kappa shape index (κ3) is 2.97. The van der Waals surface area contributed by atoms with E-state index < -0.39 is 17.6 Å². The maximum absolute atomic E-state index is 13.8. The topological polar surface area (TPSA) is 37.4 Å². The molecular formula is C16H13F2NO2. The Bertz CT molecular complexity index is 602. The summed E-state index contributed by atoms with van der Waals surface area (Å²) in [6.07, 6.45) is 0. The van der Waals surface area contributed by atoms with Gasteiger partial charge in [-0.25, -0.2) is 0 Å². The first-order valence-corrected chi connectivity index (χ1v) is 6.28. The van der Waals surface area contributed by atoms with Crippen LogP contribution in [0.15, 0.2) is 60.7 Å². The lowest BCUT2D eigenvalue weighted by atomic mass is 10.1. The van der Waals surface area contributed by atoms with E-state index in [0.29, 0.717) is 6.92 Å². The molecule has 2 aromatic rings. The van der Waals surface area contributed by atoms with Crippen LogP contribution >= 0.6 is 0 Å². The van der Waals surface area contributed by atoms with Crippen LogP contribution in [0.3, 0.4) is 0 Å². The van der Waals surface area contributed by atoms with Crippen LogP contribution in [0, 0.1) is 0 Å². The lowest BCUT2D eigenvalue weighted by molar-refractivity contribution is -0.154. The predicted octanol–water partition coefficient (Wildman–Crippen LogP) is 3.58. The minimum Gasteiger partial charge on any atom is -0.293 e. The van der Waals surface area contributed by atoms with Gasteiger partial charge in [-0.1, -0.05) is 36.4 Å². The molecular weight excluding hydrogens is 276 g/mol. The van der Waals surface area contributed by atoms with E-state index in [2.05, 4.69) is 0 Å². The number of alkyl halides is 2. The number of Topliss-reactive ketones (excluding diaryl/α,β-unsaturated/α-hetero) is 1. The fraction of sp³-hybridized carbons (Fsp3) is 0.125. The molecule has 0 unspecified atom stereocenters. The molecule has 3 nitrogen and oxygen atoms in total. The Kier molecular flexibility index (Phi) is 4.12. The van der Waals surface area contributed by atoms with E-state index in [1.807, 2.05) is 0 Å². The number of benzene rings is 2. The van der Waals surface area contributed by atoms with Gasteiger partial charge in [0.2, 0.25) is 5.78 Å². The SMILES string of the molecule is CC(=O)C(F)(F)C(=O)N(c1ccccc1)c1ccccc1. The predicted molar refractivity (Wildman–Crippen MR) is 75.7 cm³/mol. The summed E-state index contributed by atoms with van der Waals surface area (Å²) >= 11 is 0. The third-order valence-electron chi connectivity index (χ3n) is 2.94. The standard InChI is InChI=1S/C16H13F2NO2/c1-12(20)16(17,18)15(21)19(13-8-4-2-5-9-13)14-10-6-3-7-11-14/h2-11H,1H3. The molecule has 0 N–H and O–H groups in total. The molecule has 0 spiro atoms. The third-order valence-corrected chi connectivity index (χ3v) is 2.94. The molecule has 108 valence electrons. The number of ketones is 1. The smallest absolute Gasteiger partial charge is 0.293 e. The highest BCUT2D eigenvalue weighted by Gasteiger charge is 2.47. The van der Waals surface area contributed by atoms with Crippen molar-refractivity contribution in [2.45, 2.75) is 12.8 Å². The van der Waals surface area contributed by atoms with Gasteiger partial charge in [0.1, 0.15) is 0 Å². The van der Waals surface area contributed by atoms with Crippen LogP contribution in [-0.4, -0.2) is 17.6 Å². The van der Waals surface area contributed by atoms with E-state index in [9.17, 15) is 18.4 Å². The Morgan fingerprint density at radius 3 is 1.57 bits per heavy atom. The lowest BCUT2D eigenvalue weighted by Gasteiger charge is -2.26. The van der Waals surface area contributed by atoms with E-state index >= 15 is 0 Å². The van der Waals surface area contributed by atoms with Crippen molar-refractivity contribution in [3.05, 3.63) is 60.7 Å². The van der Waals surface area contributed by atoms with E-state index in [1.165, 1.54) is 24.3 Å². The molecule has 1 amide bonds. The summed E-state index contributed by atoms with van der Waals surface area (Å²) in [5, 5.41) is 0. The summed E-state index contributed by atoms with van der Waals surface area (Å²) in [6, 6.07) is 16.1. The van der Waals surface area contributed by atoms with Gasteiger partial charge in [-0.05, 0) is 24.3 Å². The van der Waals surface area contributed by atoms with Crippen molar-refractivity contribution < 1.29 is 18.4 Å². The van der Waals surface area contributed by atoms with Gasteiger partial charge >= 0.3 is 11.8 Å². The number of amides is 1. The highest BCUT2D eigenvalue weighted by molar-refractivity contribution is 6.16. The summed E-state index contributed by atoms with van der Waals surface area (Å²) < 4.78 is 27.6. The zero-order chi connectivity index (χ0) is 15.5. The number of rotatable bonds is 4. The highest BCUT2D eigenvalue weighted by atomic mass is 19.3. The Labute approximate surface area is 120 Å². The summed E-state index contributed by atoms with van der Waals surface area (Å²) in [5.41, 5.74) is 0.546. The van der Waals surface area contributed by atoms with Crippen LogP contribution in [0.2, 0.25) is 0 Å². The first-order chi connectivity index (χ1) is 9.94. The molecule has 0 radical (unpaired) electrons. The van der Waals surface area contributed by atoms with Crippen LogP contribution in [0.5, 0.6) is 0 Å². The van der Waals surface area contributed by atoms with Crippen LogP contribution < -0.4 is 4.90 Å². The number of nitrogens with zero attached hydrogens (tertiary/aromatic N) is 1. The lowest BCUT2D eigenvalue weighted by Crippen LogP contribution is -2.45. The van der Waals surface area contributed by atoms with Gasteiger partial charge in [0, 0.05) is 18.3 Å². The number of hydrogen-bond donors (Lipinski definition) is 0. The van der Waals surface area contributed by atoms with E-state index in [4.69, 9.17) is 0 Å². The van der Waals surface area contributed by atoms with Crippen LogP contribution in [0.25, 0.3) is 0 Å². The first-order valence-electron chi connectivity index (χ1n) is 6.28. The zero-order valence-electron chi connectivity index (χ0n) is 11.3. The Morgan fingerprint density at radius 1 is 0.857 bits per heavy atom. The fourth-order valence-electron chi connectivity index (χ4n) is 1.83.